The van der Waals surface area contributed by atoms with Crippen LogP contribution in [0.15, 0.2) is 29.6 Å². The number of aromatic nitrogens is 2. The van der Waals surface area contributed by atoms with E-state index < -0.39 is 0 Å². The van der Waals surface area contributed by atoms with Crippen molar-refractivity contribution in [3.05, 3.63) is 51.6 Å². The lowest BCUT2D eigenvalue weighted by atomic mass is 10.1. The van der Waals surface area contributed by atoms with Gasteiger partial charge in [-0.3, -0.25) is 4.79 Å². The largest absolute Gasteiger partial charge is 0.369 e. The Hall–Kier alpha value is -2.64. The molecule has 1 amide bonds. The van der Waals surface area contributed by atoms with Gasteiger partial charge in [0.1, 0.15) is 6.54 Å². The minimum Gasteiger partial charge on any atom is -0.369 e. The van der Waals surface area contributed by atoms with Crippen molar-refractivity contribution in [3.63, 3.8) is 0 Å². The van der Waals surface area contributed by atoms with E-state index in [2.05, 4.69) is 69.0 Å². The molecule has 3 heterocycles. The quantitative estimate of drug-likeness (QED) is 0.594. The standard InChI is InChI=1S/C25H33N5OS/c1-6-28-9-11-29(12-10-28)21-7-8-23(17(2)13-21)27-25(31)15-30-18(3)14-22(19(30)4)24-16-32-20(5)26-24/h7-8,13-14,16H,6,9-12,15H2,1-5H3,(H,27,31). The van der Waals surface area contributed by atoms with Gasteiger partial charge in [-0.25, -0.2) is 4.98 Å². The molecule has 32 heavy (non-hydrogen) atoms. The third kappa shape index (κ3) is 4.74. The van der Waals surface area contributed by atoms with Gasteiger partial charge < -0.3 is 19.7 Å². The zero-order valence-electron chi connectivity index (χ0n) is 19.7. The molecule has 1 fully saturated rings. The minimum atomic E-state index is -0.0137. The number of aryl methyl sites for hydroxylation is 3. The van der Waals surface area contributed by atoms with Crippen LogP contribution < -0.4 is 10.2 Å². The van der Waals surface area contributed by atoms with Gasteiger partial charge in [-0.1, -0.05) is 6.92 Å². The molecule has 7 heteroatoms. The fourth-order valence-corrected chi connectivity index (χ4v) is 5.04. The smallest absolute Gasteiger partial charge is 0.244 e. The van der Waals surface area contributed by atoms with Gasteiger partial charge >= 0.3 is 0 Å². The Labute approximate surface area is 194 Å². The zero-order chi connectivity index (χ0) is 22.8. The van der Waals surface area contributed by atoms with E-state index >= 15 is 0 Å². The summed E-state index contributed by atoms with van der Waals surface area (Å²) in [6, 6.07) is 8.47. The van der Waals surface area contributed by atoms with Crippen LogP contribution in [0.5, 0.6) is 0 Å². The molecule has 0 unspecified atom stereocenters. The molecule has 6 nitrogen and oxygen atoms in total. The van der Waals surface area contributed by atoms with E-state index in [-0.39, 0.29) is 5.91 Å². The van der Waals surface area contributed by atoms with Crippen LogP contribution in [0.25, 0.3) is 11.3 Å². The Balaban J connectivity index is 1.43. The number of piperazine rings is 1. The topological polar surface area (TPSA) is 53.4 Å². The first-order chi connectivity index (χ1) is 15.4. The first-order valence-electron chi connectivity index (χ1n) is 11.3. The number of carbonyl (C=O) groups is 1. The van der Waals surface area contributed by atoms with Crippen LogP contribution in [0.3, 0.4) is 0 Å². The summed E-state index contributed by atoms with van der Waals surface area (Å²) >= 11 is 1.65. The Morgan fingerprint density at radius 1 is 1.09 bits per heavy atom. The second-order valence-corrected chi connectivity index (χ2v) is 9.65. The third-order valence-electron chi connectivity index (χ3n) is 6.44. The predicted octanol–water partition coefficient (Wildman–Crippen LogP) is 4.63. The molecule has 0 saturated carbocycles. The fourth-order valence-electron chi connectivity index (χ4n) is 4.43. The first-order valence-corrected chi connectivity index (χ1v) is 12.2. The second-order valence-electron chi connectivity index (χ2n) is 8.59. The molecule has 4 rings (SSSR count). The first kappa shape index (κ1) is 22.6. The number of rotatable bonds is 6. The fraction of sp³-hybridized carbons (Fsp3) is 0.440. The molecule has 3 aromatic rings. The zero-order valence-corrected chi connectivity index (χ0v) is 20.6. The van der Waals surface area contributed by atoms with Crippen LogP contribution >= 0.6 is 11.3 Å². The van der Waals surface area contributed by atoms with E-state index in [1.54, 1.807) is 11.3 Å². The predicted molar refractivity (Wildman–Crippen MR) is 134 cm³/mol. The summed E-state index contributed by atoms with van der Waals surface area (Å²) in [7, 11) is 0. The van der Waals surface area contributed by atoms with Crippen molar-refractivity contribution >= 4 is 28.6 Å². The molecule has 0 aliphatic carbocycles. The Bertz CT molecular complexity index is 1110. The molecule has 0 atom stereocenters. The van der Waals surface area contributed by atoms with Crippen LogP contribution in [0.2, 0.25) is 0 Å². The molecular weight excluding hydrogens is 418 g/mol. The number of carbonyl (C=O) groups excluding carboxylic acids is 1. The Morgan fingerprint density at radius 3 is 2.47 bits per heavy atom. The molecule has 1 aliphatic rings. The number of benzene rings is 1. The Morgan fingerprint density at radius 2 is 1.84 bits per heavy atom. The number of anilines is 2. The molecule has 0 spiro atoms. The van der Waals surface area contributed by atoms with E-state index in [1.165, 1.54) is 5.69 Å². The number of thiazole rings is 1. The molecule has 0 bridgehead atoms. The van der Waals surface area contributed by atoms with Crippen LogP contribution in [-0.4, -0.2) is 53.1 Å². The number of likely N-dealkylation sites (N-methyl/N-ethyl adjacent to an activating group) is 1. The molecule has 1 saturated heterocycles. The van der Waals surface area contributed by atoms with Crippen LogP contribution in [-0.2, 0) is 11.3 Å². The van der Waals surface area contributed by atoms with Gasteiger partial charge in [0, 0.05) is 59.9 Å². The lowest BCUT2D eigenvalue weighted by Crippen LogP contribution is -2.46. The summed E-state index contributed by atoms with van der Waals surface area (Å²) in [6.45, 7) is 16.1. The van der Waals surface area contributed by atoms with E-state index in [1.807, 2.05) is 19.9 Å². The SMILES string of the molecule is CCN1CCN(c2ccc(NC(=O)Cn3c(C)cc(-c4csc(C)n4)c3C)c(C)c2)CC1. The average molecular weight is 452 g/mol. The number of hydrogen-bond acceptors (Lipinski definition) is 5. The van der Waals surface area contributed by atoms with Crippen LogP contribution in [0.1, 0.15) is 28.9 Å². The maximum Gasteiger partial charge on any atom is 0.244 e. The van der Waals surface area contributed by atoms with Crippen molar-refractivity contribution in [2.24, 2.45) is 0 Å². The lowest BCUT2D eigenvalue weighted by Gasteiger charge is -2.35. The highest BCUT2D eigenvalue weighted by molar-refractivity contribution is 7.09. The number of nitrogens with one attached hydrogen (secondary N) is 1. The van der Waals surface area contributed by atoms with Gasteiger partial charge in [0.2, 0.25) is 5.91 Å². The molecule has 2 aromatic heterocycles. The molecule has 170 valence electrons. The number of hydrogen-bond donors (Lipinski definition) is 1. The normalized spacial score (nSPS) is 14.7. The summed E-state index contributed by atoms with van der Waals surface area (Å²) in [5.41, 5.74) is 7.42. The van der Waals surface area contributed by atoms with Crippen molar-refractivity contribution in [1.29, 1.82) is 0 Å². The monoisotopic (exact) mass is 451 g/mol. The molecule has 1 aliphatic heterocycles. The van der Waals surface area contributed by atoms with E-state index in [0.717, 1.165) is 71.6 Å². The maximum absolute atomic E-state index is 12.9. The van der Waals surface area contributed by atoms with Crippen LogP contribution in [0.4, 0.5) is 11.4 Å². The van der Waals surface area contributed by atoms with Crippen molar-refractivity contribution in [1.82, 2.24) is 14.5 Å². The number of amides is 1. The van der Waals surface area contributed by atoms with E-state index in [4.69, 9.17) is 0 Å². The van der Waals surface area contributed by atoms with E-state index in [0.29, 0.717) is 6.54 Å². The summed E-state index contributed by atoms with van der Waals surface area (Å²) in [5.74, 6) is -0.0137. The van der Waals surface area contributed by atoms with Gasteiger partial charge in [-0.15, -0.1) is 11.3 Å². The van der Waals surface area contributed by atoms with Gasteiger partial charge in [-0.05, 0) is 64.1 Å². The highest BCUT2D eigenvalue weighted by Crippen LogP contribution is 2.28. The highest BCUT2D eigenvalue weighted by atomic mass is 32.1. The Kier molecular flexibility index (Phi) is 6.67. The van der Waals surface area contributed by atoms with Crippen molar-refractivity contribution in [2.45, 2.75) is 41.2 Å². The summed E-state index contributed by atoms with van der Waals surface area (Å²) < 4.78 is 2.07. The summed E-state index contributed by atoms with van der Waals surface area (Å²) in [5, 5.41) is 6.24. The van der Waals surface area contributed by atoms with Gasteiger partial charge in [0.15, 0.2) is 0 Å². The average Bonchev–Trinajstić information content (AvgIpc) is 3.33. The van der Waals surface area contributed by atoms with Crippen LogP contribution in [0, 0.1) is 27.7 Å². The second kappa shape index (κ2) is 9.46. The third-order valence-corrected chi connectivity index (χ3v) is 7.21. The molecule has 1 aromatic carbocycles. The maximum atomic E-state index is 12.9. The van der Waals surface area contributed by atoms with Crippen molar-refractivity contribution in [2.75, 3.05) is 42.9 Å². The van der Waals surface area contributed by atoms with Crippen molar-refractivity contribution in [3.8, 4) is 11.3 Å². The van der Waals surface area contributed by atoms with Gasteiger partial charge in [0.25, 0.3) is 0 Å². The minimum absolute atomic E-state index is 0.0137. The summed E-state index contributed by atoms with van der Waals surface area (Å²) in [6.07, 6.45) is 0. The summed E-state index contributed by atoms with van der Waals surface area (Å²) in [4.78, 5) is 22.4. The van der Waals surface area contributed by atoms with Gasteiger partial charge in [-0.2, -0.15) is 0 Å². The molecular formula is C25H33N5OS. The molecule has 0 radical (unpaired) electrons. The molecule has 1 N–H and O–H groups in total. The van der Waals surface area contributed by atoms with E-state index in [9.17, 15) is 4.79 Å². The van der Waals surface area contributed by atoms with Gasteiger partial charge in [0.05, 0.1) is 10.7 Å². The highest BCUT2D eigenvalue weighted by Gasteiger charge is 2.18. The lowest BCUT2D eigenvalue weighted by molar-refractivity contribution is -0.116. The number of nitrogens with zero attached hydrogens (tertiary/aromatic N) is 4. The van der Waals surface area contributed by atoms with Crippen molar-refractivity contribution < 1.29 is 4.79 Å².